The van der Waals surface area contributed by atoms with E-state index in [4.69, 9.17) is 11.6 Å². The van der Waals surface area contributed by atoms with E-state index in [1.54, 1.807) is 24.3 Å². The lowest BCUT2D eigenvalue weighted by Crippen LogP contribution is -2.17. The predicted molar refractivity (Wildman–Crippen MR) is 61.1 cm³/mol. The van der Waals surface area contributed by atoms with E-state index in [9.17, 15) is 9.59 Å². The minimum atomic E-state index is -0.347. The van der Waals surface area contributed by atoms with Crippen molar-refractivity contribution in [3.8, 4) is 0 Å². The van der Waals surface area contributed by atoms with Crippen LogP contribution in [0.2, 0.25) is 0 Å². The van der Waals surface area contributed by atoms with Gasteiger partial charge >= 0.3 is 0 Å². The van der Waals surface area contributed by atoms with Gasteiger partial charge in [0.15, 0.2) is 11.6 Å². The van der Waals surface area contributed by atoms with Gasteiger partial charge in [-0.05, 0) is 12.1 Å². The van der Waals surface area contributed by atoms with Crippen molar-refractivity contribution in [1.82, 2.24) is 9.55 Å². The molecule has 0 saturated heterocycles. The number of aromatic nitrogens is 2. The van der Waals surface area contributed by atoms with Gasteiger partial charge in [0.05, 0.1) is 11.0 Å². The molecule has 2 rings (SSSR count). The molecular formula is C11H9ClN2O2. The molecule has 16 heavy (non-hydrogen) atoms. The molecule has 0 unspecified atom stereocenters. The summed E-state index contributed by atoms with van der Waals surface area (Å²) in [5, 5.41) is 0. The van der Waals surface area contributed by atoms with Gasteiger partial charge in [0.1, 0.15) is 5.88 Å². The van der Waals surface area contributed by atoms with Gasteiger partial charge in [-0.25, -0.2) is 4.98 Å². The molecule has 0 aliphatic carbocycles. The minimum Gasteiger partial charge on any atom is -0.291 e. The molecule has 0 amide bonds. The number of hydrogen-bond donors (Lipinski definition) is 0. The number of halogens is 1. The topological polar surface area (TPSA) is 52.0 Å². The maximum absolute atomic E-state index is 11.7. The number of alkyl halides is 1. The first-order valence-corrected chi connectivity index (χ1v) is 5.26. The summed E-state index contributed by atoms with van der Waals surface area (Å²) in [7, 11) is 0. The Bertz CT molecular complexity index is 574. The number of ketones is 1. The Balaban J connectivity index is 2.79. The standard InChI is InChI=1S/C11H9ClN2O2/c1-7(15)11-13-8-4-2-3-5-9(8)14(11)10(16)6-12/h2-5H,6H2,1H3. The third-order valence-corrected chi connectivity index (χ3v) is 2.47. The van der Waals surface area contributed by atoms with Gasteiger partial charge in [0.25, 0.3) is 0 Å². The van der Waals surface area contributed by atoms with Crippen LogP contribution in [0.1, 0.15) is 22.3 Å². The summed E-state index contributed by atoms with van der Waals surface area (Å²) in [5.41, 5.74) is 1.23. The number of rotatable bonds is 2. The van der Waals surface area contributed by atoms with Crippen molar-refractivity contribution in [2.75, 3.05) is 5.88 Å². The quantitative estimate of drug-likeness (QED) is 0.593. The average Bonchev–Trinajstić information content (AvgIpc) is 2.67. The van der Waals surface area contributed by atoms with E-state index < -0.39 is 0 Å². The van der Waals surface area contributed by atoms with Crippen molar-refractivity contribution in [3.05, 3.63) is 30.1 Å². The van der Waals surface area contributed by atoms with Crippen LogP contribution in [0.4, 0.5) is 0 Å². The molecule has 0 aliphatic rings. The van der Waals surface area contributed by atoms with Crippen molar-refractivity contribution in [2.24, 2.45) is 0 Å². The number of para-hydroxylation sites is 2. The largest absolute Gasteiger partial charge is 0.291 e. The highest BCUT2D eigenvalue weighted by Crippen LogP contribution is 2.16. The first kappa shape index (κ1) is 10.8. The first-order valence-electron chi connectivity index (χ1n) is 4.72. The zero-order chi connectivity index (χ0) is 11.7. The Morgan fingerprint density at radius 1 is 1.38 bits per heavy atom. The van der Waals surface area contributed by atoms with Crippen molar-refractivity contribution in [3.63, 3.8) is 0 Å². The van der Waals surface area contributed by atoms with Gasteiger partial charge in [-0.3, -0.25) is 14.2 Å². The van der Waals surface area contributed by atoms with Crippen LogP contribution in [0, 0.1) is 0 Å². The van der Waals surface area contributed by atoms with Gasteiger partial charge in [0.2, 0.25) is 5.91 Å². The van der Waals surface area contributed by atoms with Crippen LogP contribution in [0.15, 0.2) is 24.3 Å². The maximum Gasteiger partial charge on any atom is 0.247 e. The molecule has 0 radical (unpaired) electrons. The Labute approximate surface area is 96.8 Å². The number of carbonyl (C=O) groups is 2. The normalized spacial score (nSPS) is 10.6. The van der Waals surface area contributed by atoms with E-state index in [1.807, 2.05) is 0 Å². The Hall–Kier alpha value is -1.68. The van der Waals surface area contributed by atoms with Crippen molar-refractivity contribution in [1.29, 1.82) is 0 Å². The van der Waals surface area contributed by atoms with E-state index in [2.05, 4.69) is 4.98 Å². The highest BCUT2D eigenvalue weighted by Gasteiger charge is 2.18. The molecular weight excluding hydrogens is 228 g/mol. The summed E-state index contributed by atoms with van der Waals surface area (Å²) in [5.74, 6) is -0.650. The van der Waals surface area contributed by atoms with E-state index in [-0.39, 0.29) is 23.4 Å². The fraction of sp³-hybridized carbons (Fsp3) is 0.182. The van der Waals surface area contributed by atoms with Crippen LogP contribution in [-0.2, 0) is 0 Å². The van der Waals surface area contributed by atoms with E-state index in [0.717, 1.165) is 0 Å². The molecule has 0 aliphatic heterocycles. The molecule has 0 atom stereocenters. The maximum atomic E-state index is 11.7. The van der Waals surface area contributed by atoms with Crippen molar-refractivity contribution >= 4 is 34.3 Å². The number of benzene rings is 1. The summed E-state index contributed by atoms with van der Waals surface area (Å²) in [4.78, 5) is 27.1. The van der Waals surface area contributed by atoms with Crippen LogP contribution in [0.25, 0.3) is 11.0 Å². The third-order valence-electron chi connectivity index (χ3n) is 2.24. The second-order valence-electron chi connectivity index (χ2n) is 3.34. The summed E-state index contributed by atoms with van der Waals surface area (Å²) in [6.07, 6.45) is 0. The highest BCUT2D eigenvalue weighted by atomic mass is 35.5. The zero-order valence-corrected chi connectivity index (χ0v) is 9.36. The van der Waals surface area contributed by atoms with Gasteiger partial charge in [-0.1, -0.05) is 12.1 Å². The lowest BCUT2D eigenvalue weighted by atomic mass is 10.3. The zero-order valence-electron chi connectivity index (χ0n) is 8.61. The summed E-state index contributed by atoms with van der Waals surface area (Å²) in [6, 6.07) is 7.07. The third kappa shape index (κ3) is 1.61. The molecule has 1 heterocycles. The number of Topliss-reactive ketones (excluding diaryl/α,β-unsaturated/α-hetero) is 1. The SMILES string of the molecule is CC(=O)c1nc2ccccc2n1C(=O)CCl. The number of hydrogen-bond acceptors (Lipinski definition) is 3. The number of nitrogens with zero attached hydrogens (tertiary/aromatic N) is 2. The second kappa shape index (κ2) is 4.06. The number of fused-ring (bicyclic) bond motifs is 1. The van der Waals surface area contributed by atoms with Crippen LogP contribution in [-0.4, -0.2) is 27.1 Å². The smallest absolute Gasteiger partial charge is 0.247 e. The van der Waals surface area contributed by atoms with Gasteiger partial charge < -0.3 is 0 Å². The average molecular weight is 237 g/mol. The fourth-order valence-corrected chi connectivity index (χ4v) is 1.69. The molecule has 2 aromatic rings. The summed E-state index contributed by atoms with van der Waals surface area (Å²) < 4.78 is 1.27. The first-order chi connectivity index (χ1) is 7.65. The molecule has 82 valence electrons. The predicted octanol–water partition coefficient (Wildman–Crippen LogP) is 2.12. The summed E-state index contributed by atoms with van der Waals surface area (Å²) >= 11 is 5.51. The van der Waals surface area contributed by atoms with Crippen LogP contribution >= 0.6 is 11.6 Å². The lowest BCUT2D eigenvalue weighted by Gasteiger charge is -2.02. The second-order valence-corrected chi connectivity index (χ2v) is 3.61. The van der Waals surface area contributed by atoms with Gasteiger partial charge in [-0.2, -0.15) is 0 Å². The molecule has 4 nitrogen and oxygen atoms in total. The monoisotopic (exact) mass is 236 g/mol. The molecule has 0 spiro atoms. The summed E-state index contributed by atoms with van der Waals surface area (Å²) in [6.45, 7) is 1.37. The van der Waals surface area contributed by atoms with Crippen molar-refractivity contribution in [2.45, 2.75) is 6.92 Å². The van der Waals surface area contributed by atoms with E-state index in [1.165, 1.54) is 11.5 Å². The molecule has 1 aromatic heterocycles. The van der Waals surface area contributed by atoms with Crippen LogP contribution < -0.4 is 0 Å². The Morgan fingerprint density at radius 2 is 2.06 bits per heavy atom. The number of imidazole rings is 1. The van der Waals surface area contributed by atoms with Gasteiger partial charge in [0, 0.05) is 6.92 Å². The lowest BCUT2D eigenvalue weighted by molar-refractivity contribution is 0.0913. The Kier molecular flexibility index (Phi) is 2.75. The molecule has 0 bridgehead atoms. The fourth-order valence-electron chi connectivity index (χ4n) is 1.57. The highest BCUT2D eigenvalue weighted by molar-refractivity contribution is 6.28. The molecule has 1 aromatic carbocycles. The Morgan fingerprint density at radius 3 is 2.69 bits per heavy atom. The molecule has 0 saturated carbocycles. The molecule has 5 heteroatoms. The molecule has 0 N–H and O–H groups in total. The van der Waals surface area contributed by atoms with Crippen LogP contribution in [0.3, 0.4) is 0 Å². The van der Waals surface area contributed by atoms with E-state index in [0.29, 0.717) is 11.0 Å². The molecule has 0 fully saturated rings. The van der Waals surface area contributed by atoms with E-state index >= 15 is 0 Å². The minimum absolute atomic E-state index is 0.131. The number of carbonyl (C=O) groups excluding carboxylic acids is 2. The van der Waals surface area contributed by atoms with Crippen molar-refractivity contribution < 1.29 is 9.59 Å². The van der Waals surface area contributed by atoms with Crippen LogP contribution in [0.5, 0.6) is 0 Å². The van der Waals surface area contributed by atoms with Gasteiger partial charge in [-0.15, -0.1) is 11.6 Å².